The quantitative estimate of drug-likeness (QED) is 0.881. The fraction of sp³-hybridized carbons (Fsp3) is 0.308. The minimum Gasteiger partial charge on any atom is -0.366 e. The first-order chi connectivity index (χ1) is 8.38. The third-order valence-electron chi connectivity index (χ3n) is 3.25. The molecule has 3 heterocycles. The van der Waals surface area contributed by atoms with Crippen LogP contribution >= 0.6 is 11.3 Å². The monoisotopic (exact) mass is 245 g/mol. The van der Waals surface area contributed by atoms with Gasteiger partial charge < -0.3 is 10.6 Å². The van der Waals surface area contributed by atoms with Crippen LogP contribution in [-0.4, -0.2) is 11.5 Å². The molecule has 2 aromatic rings. The summed E-state index contributed by atoms with van der Waals surface area (Å²) in [5.74, 6) is 0. The van der Waals surface area contributed by atoms with Gasteiger partial charge in [-0.15, -0.1) is 11.3 Å². The smallest absolute Gasteiger partial charge is 0.0445 e. The molecule has 17 heavy (non-hydrogen) atoms. The Labute approximate surface area is 105 Å². The molecule has 0 saturated heterocycles. The van der Waals surface area contributed by atoms with E-state index in [1.165, 1.54) is 16.1 Å². The highest BCUT2D eigenvalue weighted by Gasteiger charge is 2.18. The number of nitrogens with zero attached hydrogens (tertiary/aromatic N) is 2. The minimum atomic E-state index is 0.552. The molecule has 2 aromatic heterocycles. The summed E-state index contributed by atoms with van der Waals surface area (Å²) in [4.78, 5) is 8.07. The van der Waals surface area contributed by atoms with Crippen molar-refractivity contribution >= 4 is 17.0 Å². The van der Waals surface area contributed by atoms with Gasteiger partial charge in [-0.1, -0.05) is 0 Å². The Morgan fingerprint density at radius 3 is 3.24 bits per heavy atom. The molecule has 1 aliphatic heterocycles. The zero-order valence-corrected chi connectivity index (χ0v) is 10.4. The Hall–Kier alpha value is -1.39. The van der Waals surface area contributed by atoms with Crippen LogP contribution in [-0.2, 0) is 19.5 Å². The van der Waals surface area contributed by atoms with Gasteiger partial charge in [-0.25, -0.2) is 0 Å². The summed E-state index contributed by atoms with van der Waals surface area (Å²) in [5.41, 5.74) is 9.59. The average Bonchev–Trinajstić information content (AvgIpc) is 2.85. The summed E-state index contributed by atoms with van der Waals surface area (Å²) < 4.78 is 0. The van der Waals surface area contributed by atoms with E-state index in [0.717, 1.165) is 25.1 Å². The lowest BCUT2D eigenvalue weighted by atomic mass is 10.1. The number of anilines is 1. The maximum Gasteiger partial charge on any atom is 0.0445 e. The first-order valence-corrected chi connectivity index (χ1v) is 6.69. The zero-order chi connectivity index (χ0) is 11.7. The molecule has 0 amide bonds. The highest BCUT2D eigenvalue weighted by molar-refractivity contribution is 7.10. The molecule has 4 heteroatoms. The topological polar surface area (TPSA) is 42.1 Å². The molecule has 0 aliphatic carbocycles. The first-order valence-electron chi connectivity index (χ1n) is 5.81. The maximum absolute atomic E-state index is 5.77. The van der Waals surface area contributed by atoms with Crippen LogP contribution in [0, 0.1) is 0 Å². The number of pyridine rings is 1. The zero-order valence-electron chi connectivity index (χ0n) is 9.60. The summed E-state index contributed by atoms with van der Waals surface area (Å²) in [6.45, 7) is 2.62. The van der Waals surface area contributed by atoms with Gasteiger partial charge in [0.2, 0.25) is 0 Å². The second-order valence-electron chi connectivity index (χ2n) is 4.25. The second kappa shape index (κ2) is 4.47. The third kappa shape index (κ3) is 1.94. The molecule has 2 N–H and O–H groups in total. The number of rotatable bonds is 2. The van der Waals surface area contributed by atoms with Crippen molar-refractivity contribution < 1.29 is 0 Å². The molecule has 1 aliphatic rings. The number of fused-ring (bicyclic) bond motifs is 1. The fourth-order valence-electron chi connectivity index (χ4n) is 2.34. The Morgan fingerprint density at radius 2 is 2.35 bits per heavy atom. The average molecular weight is 245 g/mol. The van der Waals surface area contributed by atoms with Crippen LogP contribution in [0.5, 0.6) is 0 Å². The van der Waals surface area contributed by atoms with Crippen LogP contribution in [0.25, 0.3) is 0 Å². The summed E-state index contributed by atoms with van der Waals surface area (Å²) >= 11 is 1.87. The Balaban J connectivity index is 1.91. The van der Waals surface area contributed by atoms with Gasteiger partial charge in [0, 0.05) is 48.2 Å². The lowest BCUT2D eigenvalue weighted by Crippen LogP contribution is -2.30. The normalized spacial score (nSPS) is 14.8. The van der Waals surface area contributed by atoms with Crippen LogP contribution in [0.1, 0.15) is 16.0 Å². The Bertz CT molecular complexity index is 521. The van der Waals surface area contributed by atoms with Crippen molar-refractivity contribution in [1.29, 1.82) is 0 Å². The van der Waals surface area contributed by atoms with Crippen molar-refractivity contribution in [3.63, 3.8) is 0 Å². The highest BCUT2D eigenvalue weighted by Crippen LogP contribution is 2.29. The maximum atomic E-state index is 5.77. The van der Waals surface area contributed by atoms with Gasteiger partial charge in [0.25, 0.3) is 0 Å². The molecule has 0 saturated carbocycles. The molecule has 88 valence electrons. The van der Waals surface area contributed by atoms with E-state index in [2.05, 4.69) is 27.4 Å². The number of hydrogen-bond donors (Lipinski definition) is 1. The van der Waals surface area contributed by atoms with Gasteiger partial charge in [-0.05, 0) is 29.5 Å². The van der Waals surface area contributed by atoms with Gasteiger partial charge in [0.05, 0.1) is 0 Å². The van der Waals surface area contributed by atoms with Crippen molar-refractivity contribution in [2.75, 3.05) is 11.4 Å². The lowest BCUT2D eigenvalue weighted by Gasteiger charge is -2.30. The lowest BCUT2D eigenvalue weighted by molar-refractivity contribution is 0.737. The van der Waals surface area contributed by atoms with Crippen LogP contribution in [0.15, 0.2) is 29.9 Å². The molecule has 3 rings (SSSR count). The summed E-state index contributed by atoms with van der Waals surface area (Å²) in [6, 6.07) is 4.30. The fourth-order valence-corrected chi connectivity index (χ4v) is 3.23. The molecule has 0 atom stereocenters. The summed E-state index contributed by atoms with van der Waals surface area (Å²) in [6.07, 6.45) is 4.86. The van der Waals surface area contributed by atoms with Gasteiger partial charge in [0.1, 0.15) is 0 Å². The van der Waals surface area contributed by atoms with Crippen molar-refractivity contribution in [1.82, 2.24) is 4.98 Å². The minimum absolute atomic E-state index is 0.552. The molecule has 3 nitrogen and oxygen atoms in total. The van der Waals surface area contributed by atoms with E-state index in [1.807, 2.05) is 23.7 Å². The predicted octanol–water partition coefficient (Wildman–Crippen LogP) is 2.16. The van der Waals surface area contributed by atoms with Gasteiger partial charge in [-0.3, -0.25) is 4.98 Å². The standard InChI is InChI=1S/C13H15N3S/c14-7-11-8-15-4-1-12(11)16-5-2-13-10(9-16)3-6-17-13/h1,3-4,6,8H,2,5,7,9,14H2. The summed E-state index contributed by atoms with van der Waals surface area (Å²) in [5, 5.41) is 2.19. The Kier molecular flexibility index (Phi) is 2.82. The van der Waals surface area contributed by atoms with Crippen LogP contribution in [0.3, 0.4) is 0 Å². The molecule has 0 spiro atoms. The van der Waals surface area contributed by atoms with Gasteiger partial charge in [0.15, 0.2) is 0 Å². The number of thiophene rings is 1. The third-order valence-corrected chi connectivity index (χ3v) is 4.27. The number of hydrogen-bond acceptors (Lipinski definition) is 4. The molecular weight excluding hydrogens is 230 g/mol. The largest absolute Gasteiger partial charge is 0.366 e. The molecule has 0 bridgehead atoms. The van der Waals surface area contributed by atoms with Crippen LogP contribution in [0.4, 0.5) is 5.69 Å². The van der Waals surface area contributed by atoms with Crippen molar-refractivity contribution in [3.05, 3.63) is 45.9 Å². The van der Waals surface area contributed by atoms with E-state index in [0.29, 0.717) is 6.54 Å². The number of nitrogens with two attached hydrogens (primary N) is 1. The summed E-state index contributed by atoms with van der Waals surface area (Å²) in [7, 11) is 0. The van der Waals surface area contributed by atoms with Crippen LogP contribution in [0.2, 0.25) is 0 Å². The van der Waals surface area contributed by atoms with Crippen molar-refractivity contribution in [2.24, 2.45) is 5.73 Å². The molecule has 0 radical (unpaired) electrons. The molecular formula is C13H15N3S. The van der Waals surface area contributed by atoms with E-state index >= 15 is 0 Å². The molecule has 0 fully saturated rings. The van der Waals surface area contributed by atoms with Crippen molar-refractivity contribution in [3.8, 4) is 0 Å². The van der Waals surface area contributed by atoms with E-state index in [4.69, 9.17) is 5.73 Å². The highest BCUT2D eigenvalue weighted by atomic mass is 32.1. The number of aromatic nitrogens is 1. The van der Waals surface area contributed by atoms with E-state index < -0.39 is 0 Å². The molecule has 0 aromatic carbocycles. The molecule has 0 unspecified atom stereocenters. The SMILES string of the molecule is NCc1cnccc1N1CCc2sccc2C1. The van der Waals surface area contributed by atoms with Gasteiger partial charge in [-0.2, -0.15) is 0 Å². The first kappa shape index (κ1) is 10.7. The van der Waals surface area contributed by atoms with Crippen molar-refractivity contribution in [2.45, 2.75) is 19.5 Å². The van der Waals surface area contributed by atoms with E-state index in [-0.39, 0.29) is 0 Å². The van der Waals surface area contributed by atoms with Crippen LogP contribution < -0.4 is 10.6 Å². The van der Waals surface area contributed by atoms with E-state index in [9.17, 15) is 0 Å². The van der Waals surface area contributed by atoms with E-state index in [1.54, 1.807) is 0 Å². The predicted molar refractivity (Wildman–Crippen MR) is 71.2 cm³/mol. The second-order valence-corrected chi connectivity index (χ2v) is 5.25. The Morgan fingerprint density at radius 1 is 1.41 bits per heavy atom. The van der Waals surface area contributed by atoms with Gasteiger partial charge >= 0.3 is 0 Å².